The van der Waals surface area contributed by atoms with Gasteiger partial charge >= 0.3 is 0 Å². The third-order valence-electron chi connectivity index (χ3n) is 4.00. The highest BCUT2D eigenvalue weighted by Gasteiger charge is 2.16. The summed E-state index contributed by atoms with van der Waals surface area (Å²) in [6.07, 6.45) is 1.54. The van der Waals surface area contributed by atoms with E-state index in [1.165, 1.54) is 0 Å². The molecule has 1 amide bonds. The third kappa shape index (κ3) is 3.81. The van der Waals surface area contributed by atoms with Crippen LogP contribution in [0.1, 0.15) is 29.7 Å². The van der Waals surface area contributed by atoms with Crippen LogP contribution in [0.15, 0.2) is 48.0 Å². The Morgan fingerprint density at radius 1 is 1.20 bits per heavy atom. The van der Waals surface area contributed by atoms with E-state index >= 15 is 0 Å². The first-order valence-electron chi connectivity index (χ1n) is 7.95. The Morgan fingerprint density at radius 2 is 1.92 bits per heavy atom. The zero-order chi connectivity index (χ0) is 17.8. The van der Waals surface area contributed by atoms with Gasteiger partial charge in [0.1, 0.15) is 11.6 Å². The fraction of sp³-hybridized carbons (Fsp3) is 0.200. The first kappa shape index (κ1) is 16.6. The third-order valence-corrected chi connectivity index (χ3v) is 4.00. The SMILES string of the molecule is Cc1ccc([C@H](C)NC(=O)/C(C#N)=C/c2ccc3c(c2)OCO3)cc1. The molecule has 1 atom stereocenters. The molecule has 5 heteroatoms. The summed E-state index contributed by atoms with van der Waals surface area (Å²) in [6, 6.07) is 15.0. The minimum atomic E-state index is -0.409. The predicted molar refractivity (Wildman–Crippen MR) is 93.9 cm³/mol. The summed E-state index contributed by atoms with van der Waals surface area (Å²) in [7, 11) is 0. The van der Waals surface area contributed by atoms with Gasteiger partial charge in [-0.25, -0.2) is 0 Å². The number of benzene rings is 2. The van der Waals surface area contributed by atoms with Crippen molar-refractivity contribution in [2.24, 2.45) is 0 Å². The van der Waals surface area contributed by atoms with Crippen LogP contribution < -0.4 is 14.8 Å². The van der Waals surface area contributed by atoms with Gasteiger partial charge in [-0.2, -0.15) is 5.26 Å². The number of nitrogens with one attached hydrogen (secondary N) is 1. The largest absolute Gasteiger partial charge is 0.454 e. The maximum Gasteiger partial charge on any atom is 0.262 e. The van der Waals surface area contributed by atoms with Gasteiger partial charge in [0.2, 0.25) is 6.79 Å². The molecule has 126 valence electrons. The summed E-state index contributed by atoms with van der Waals surface area (Å²) in [4.78, 5) is 12.4. The van der Waals surface area contributed by atoms with E-state index < -0.39 is 5.91 Å². The standard InChI is InChI=1S/C20H18N2O3/c1-13-3-6-16(7-4-13)14(2)22-20(23)17(11-21)9-15-5-8-18-19(10-15)25-12-24-18/h3-10,14H,12H2,1-2H3,(H,22,23)/b17-9+/t14-/m0/s1. The molecule has 1 heterocycles. The molecule has 0 saturated heterocycles. The lowest BCUT2D eigenvalue weighted by atomic mass is 10.1. The van der Waals surface area contributed by atoms with E-state index in [-0.39, 0.29) is 18.4 Å². The van der Waals surface area contributed by atoms with Crippen molar-refractivity contribution in [2.75, 3.05) is 6.79 Å². The number of ether oxygens (including phenoxy) is 2. The monoisotopic (exact) mass is 334 g/mol. The molecule has 1 N–H and O–H groups in total. The van der Waals surface area contributed by atoms with Crippen LogP contribution in [0, 0.1) is 18.3 Å². The van der Waals surface area contributed by atoms with Crippen molar-refractivity contribution < 1.29 is 14.3 Å². The summed E-state index contributed by atoms with van der Waals surface area (Å²) in [5.74, 6) is 0.862. The van der Waals surface area contributed by atoms with Gasteiger partial charge in [-0.3, -0.25) is 4.79 Å². The van der Waals surface area contributed by atoms with E-state index in [9.17, 15) is 10.1 Å². The molecule has 5 nitrogen and oxygen atoms in total. The van der Waals surface area contributed by atoms with E-state index in [2.05, 4.69) is 5.32 Å². The van der Waals surface area contributed by atoms with E-state index in [4.69, 9.17) is 9.47 Å². The number of fused-ring (bicyclic) bond motifs is 1. The van der Waals surface area contributed by atoms with Crippen LogP contribution in [0.4, 0.5) is 0 Å². The Morgan fingerprint density at radius 3 is 2.64 bits per heavy atom. The van der Waals surface area contributed by atoms with E-state index in [0.29, 0.717) is 17.1 Å². The lowest BCUT2D eigenvalue weighted by Crippen LogP contribution is -2.27. The molecule has 2 aromatic carbocycles. The molecule has 0 aromatic heterocycles. The van der Waals surface area contributed by atoms with Gasteiger partial charge in [0.25, 0.3) is 5.91 Å². The minimum Gasteiger partial charge on any atom is -0.454 e. The molecule has 0 radical (unpaired) electrons. The van der Waals surface area contributed by atoms with E-state index in [1.807, 2.05) is 44.2 Å². The van der Waals surface area contributed by atoms with Crippen molar-refractivity contribution in [1.82, 2.24) is 5.32 Å². The Bertz CT molecular complexity index is 864. The summed E-state index contributed by atoms with van der Waals surface area (Å²) < 4.78 is 10.6. The zero-order valence-corrected chi connectivity index (χ0v) is 14.1. The molecule has 0 aliphatic carbocycles. The molecular weight excluding hydrogens is 316 g/mol. The van der Waals surface area contributed by atoms with Crippen LogP contribution in [0.3, 0.4) is 0 Å². The lowest BCUT2D eigenvalue weighted by molar-refractivity contribution is -0.117. The fourth-order valence-electron chi connectivity index (χ4n) is 2.53. The smallest absolute Gasteiger partial charge is 0.262 e. The normalized spacial score (nSPS) is 13.9. The number of nitrogens with zero attached hydrogens (tertiary/aromatic N) is 1. The van der Waals surface area contributed by atoms with Crippen LogP contribution in [-0.4, -0.2) is 12.7 Å². The van der Waals surface area contributed by atoms with Crippen LogP contribution in [0.5, 0.6) is 11.5 Å². The van der Waals surface area contributed by atoms with Crippen LogP contribution in [0.2, 0.25) is 0 Å². The van der Waals surface area contributed by atoms with Crippen molar-refractivity contribution in [3.63, 3.8) is 0 Å². The van der Waals surface area contributed by atoms with Crippen molar-refractivity contribution >= 4 is 12.0 Å². The number of rotatable bonds is 4. The minimum absolute atomic E-state index is 0.0397. The van der Waals surface area contributed by atoms with Gasteiger partial charge in [-0.15, -0.1) is 0 Å². The lowest BCUT2D eigenvalue weighted by Gasteiger charge is -2.14. The first-order chi connectivity index (χ1) is 12.1. The highest BCUT2D eigenvalue weighted by molar-refractivity contribution is 6.01. The number of nitriles is 1. The van der Waals surface area contributed by atoms with Crippen LogP contribution in [0.25, 0.3) is 6.08 Å². The average Bonchev–Trinajstić information content (AvgIpc) is 3.07. The number of carbonyl (C=O) groups excluding carboxylic acids is 1. The summed E-state index contributed by atoms with van der Waals surface area (Å²) in [5.41, 5.74) is 2.89. The van der Waals surface area contributed by atoms with Crippen molar-refractivity contribution in [3.8, 4) is 17.6 Å². The molecule has 3 rings (SSSR count). The quantitative estimate of drug-likeness (QED) is 0.686. The maximum atomic E-state index is 12.4. The Labute approximate surface area is 146 Å². The number of amides is 1. The highest BCUT2D eigenvalue weighted by Crippen LogP contribution is 2.33. The maximum absolute atomic E-state index is 12.4. The van der Waals surface area contributed by atoms with Crippen molar-refractivity contribution in [1.29, 1.82) is 5.26 Å². The number of hydrogen-bond donors (Lipinski definition) is 1. The topological polar surface area (TPSA) is 71.4 Å². The second-order valence-corrected chi connectivity index (χ2v) is 5.89. The summed E-state index contributed by atoms with van der Waals surface area (Å²) in [5, 5.41) is 12.2. The molecule has 0 saturated carbocycles. The number of carbonyl (C=O) groups is 1. The van der Waals surface area contributed by atoms with Gasteiger partial charge < -0.3 is 14.8 Å². The Kier molecular flexibility index (Phi) is 4.71. The van der Waals surface area contributed by atoms with Gasteiger partial charge in [-0.1, -0.05) is 35.9 Å². The molecule has 0 unspecified atom stereocenters. The molecule has 0 fully saturated rings. The van der Waals surface area contributed by atoms with Crippen molar-refractivity contribution in [3.05, 3.63) is 64.7 Å². The Balaban J connectivity index is 1.75. The number of aryl methyl sites for hydroxylation is 1. The van der Waals surface area contributed by atoms with Crippen LogP contribution in [-0.2, 0) is 4.79 Å². The molecular formula is C20H18N2O3. The molecule has 2 aromatic rings. The molecule has 25 heavy (non-hydrogen) atoms. The van der Waals surface area contributed by atoms with Gasteiger partial charge in [0, 0.05) is 0 Å². The Hall–Kier alpha value is -3.26. The molecule has 1 aliphatic heterocycles. The fourth-order valence-corrected chi connectivity index (χ4v) is 2.53. The van der Waals surface area contributed by atoms with Crippen molar-refractivity contribution in [2.45, 2.75) is 19.9 Å². The summed E-state index contributed by atoms with van der Waals surface area (Å²) >= 11 is 0. The van der Waals surface area contributed by atoms with Gasteiger partial charge in [0.15, 0.2) is 11.5 Å². The van der Waals surface area contributed by atoms with Crippen LogP contribution >= 0.6 is 0 Å². The molecule has 0 bridgehead atoms. The zero-order valence-electron chi connectivity index (χ0n) is 14.1. The second kappa shape index (κ2) is 7.10. The molecule has 0 spiro atoms. The highest BCUT2D eigenvalue weighted by atomic mass is 16.7. The number of hydrogen-bond acceptors (Lipinski definition) is 4. The van der Waals surface area contributed by atoms with E-state index in [1.54, 1.807) is 24.3 Å². The second-order valence-electron chi connectivity index (χ2n) is 5.89. The first-order valence-corrected chi connectivity index (χ1v) is 7.95. The summed E-state index contributed by atoms with van der Waals surface area (Å²) in [6.45, 7) is 4.08. The average molecular weight is 334 g/mol. The van der Waals surface area contributed by atoms with E-state index in [0.717, 1.165) is 11.1 Å². The molecule has 1 aliphatic rings. The van der Waals surface area contributed by atoms with Gasteiger partial charge in [0.05, 0.1) is 6.04 Å². The van der Waals surface area contributed by atoms with Gasteiger partial charge in [-0.05, 0) is 43.2 Å². The predicted octanol–water partition coefficient (Wildman–Crippen LogP) is 3.51.